The first-order valence-electron chi connectivity index (χ1n) is 8.13. The summed E-state index contributed by atoms with van der Waals surface area (Å²) < 4.78 is 32.6. The first kappa shape index (κ1) is 16.6. The Balaban J connectivity index is 1.39. The lowest BCUT2D eigenvalue weighted by Crippen LogP contribution is -2.53. The van der Waals surface area contributed by atoms with Crippen molar-refractivity contribution < 1.29 is 17.9 Å². The number of hydrogen-bond acceptors (Lipinski definition) is 5. The monoisotopic (exact) mass is 378 g/mol. The predicted molar refractivity (Wildman–Crippen MR) is 94.2 cm³/mol. The molecule has 1 atom stereocenters. The third-order valence-electron chi connectivity index (χ3n) is 4.56. The number of thiophene rings is 1. The van der Waals surface area contributed by atoms with Crippen molar-refractivity contribution in [3.8, 4) is 5.75 Å². The quantitative estimate of drug-likeness (QED) is 0.813. The molecule has 0 saturated carbocycles. The lowest BCUT2D eigenvalue weighted by Gasteiger charge is -2.34. The van der Waals surface area contributed by atoms with Gasteiger partial charge in [0.05, 0.1) is 0 Å². The highest BCUT2D eigenvalue weighted by molar-refractivity contribution is 7.91. The molecule has 1 saturated heterocycles. The number of ether oxygens (including phenoxy) is 1. The van der Waals surface area contributed by atoms with Crippen molar-refractivity contribution in [2.45, 2.75) is 16.7 Å². The zero-order valence-corrected chi connectivity index (χ0v) is 15.1. The molecule has 132 valence electrons. The Morgan fingerprint density at radius 2 is 1.84 bits per heavy atom. The molecule has 8 heteroatoms. The van der Waals surface area contributed by atoms with Crippen LogP contribution in [0, 0.1) is 0 Å². The molecule has 0 bridgehead atoms. The van der Waals surface area contributed by atoms with E-state index >= 15 is 0 Å². The van der Waals surface area contributed by atoms with Gasteiger partial charge in [-0.15, -0.1) is 11.3 Å². The summed E-state index contributed by atoms with van der Waals surface area (Å²) in [5, 5.41) is 1.75. The summed E-state index contributed by atoms with van der Waals surface area (Å²) in [7, 11) is -3.45. The molecular formula is C17H18N2O4S2. The minimum atomic E-state index is -3.45. The molecule has 2 aliphatic heterocycles. The number of piperazine rings is 1. The van der Waals surface area contributed by atoms with Crippen molar-refractivity contribution in [1.29, 1.82) is 0 Å². The molecule has 1 amide bonds. The number of carbonyl (C=O) groups excluding carboxylic acids is 1. The highest BCUT2D eigenvalue weighted by Gasteiger charge is 2.36. The minimum Gasteiger partial charge on any atom is -0.480 e. The molecule has 6 nitrogen and oxygen atoms in total. The fourth-order valence-electron chi connectivity index (χ4n) is 3.21. The first-order chi connectivity index (χ1) is 12.1. The van der Waals surface area contributed by atoms with Gasteiger partial charge < -0.3 is 9.64 Å². The number of sulfonamides is 1. The third-order valence-corrected chi connectivity index (χ3v) is 7.83. The number of amides is 1. The normalized spacial score (nSPS) is 21.0. The van der Waals surface area contributed by atoms with Gasteiger partial charge in [-0.25, -0.2) is 8.42 Å². The van der Waals surface area contributed by atoms with E-state index in [1.165, 1.54) is 15.6 Å². The van der Waals surface area contributed by atoms with E-state index in [1.54, 1.807) is 22.4 Å². The topological polar surface area (TPSA) is 66.9 Å². The van der Waals surface area contributed by atoms with Gasteiger partial charge in [0, 0.05) is 32.6 Å². The summed E-state index contributed by atoms with van der Waals surface area (Å²) >= 11 is 1.21. The summed E-state index contributed by atoms with van der Waals surface area (Å²) in [5.41, 5.74) is 1.04. The van der Waals surface area contributed by atoms with Gasteiger partial charge in [0.2, 0.25) is 0 Å². The number of para-hydroxylation sites is 1. The Morgan fingerprint density at radius 3 is 2.52 bits per heavy atom. The second-order valence-electron chi connectivity index (χ2n) is 6.08. The Labute approximate surface area is 150 Å². The van der Waals surface area contributed by atoms with Crippen molar-refractivity contribution in [2.75, 3.05) is 26.2 Å². The summed E-state index contributed by atoms with van der Waals surface area (Å²) in [6.07, 6.45) is 0.0701. The molecule has 1 aromatic carbocycles. The maximum Gasteiger partial charge on any atom is 0.264 e. The molecule has 0 unspecified atom stereocenters. The van der Waals surface area contributed by atoms with Crippen LogP contribution in [0.25, 0.3) is 0 Å². The molecular weight excluding hydrogens is 360 g/mol. The standard InChI is InChI=1S/C17H18N2O4S2/c20-17(15-12-13-4-1-2-5-14(13)23-15)18-7-9-19(10-8-18)25(21,22)16-6-3-11-24-16/h1-6,11,15H,7-10,12H2/t15-/m1/s1. The van der Waals surface area contributed by atoms with Gasteiger partial charge in [-0.05, 0) is 23.1 Å². The molecule has 2 aromatic rings. The van der Waals surface area contributed by atoms with Gasteiger partial charge in [-0.3, -0.25) is 4.79 Å². The fraction of sp³-hybridized carbons (Fsp3) is 0.353. The van der Waals surface area contributed by atoms with Crippen LogP contribution in [0.1, 0.15) is 5.56 Å². The SMILES string of the molecule is O=C([C@H]1Cc2ccccc2O1)N1CCN(S(=O)(=O)c2cccs2)CC1. The van der Waals surface area contributed by atoms with Crippen LogP contribution in [-0.2, 0) is 21.2 Å². The lowest BCUT2D eigenvalue weighted by atomic mass is 10.1. The van der Waals surface area contributed by atoms with E-state index < -0.39 is 16.1 Å². The maximum absolute atomic E-state index is 12.7. The van der Waals surface area contributed by atoms with Crippen LogP contribution >= 0.6 is 11.3 Å². The molecule has 3 heterocycles. The van der Waals surface area contributed by atoms with Gasteiger partial charge >= 0.3 is 0 Å². The summed E-state index contributed by atoms with van der Waals surface area (Å²) in [4.78, 5) is 14.4. The number of hydrogen-bond donors (Lipinski definition) is 0. The molecule has 0 spiro atoms. The van der Waals surface area contributed by atoms with Crippen molar-refractivity contribution in [3.63, 3.8) is 0 Å². The van der Waals surface area contributed by atoms with Crippen LogP contribution in [0.4, 0.5) is 0 Å². The molecule has 1 fully saturated rings. The van der Waals surface area contributed by atoms with Crippen molar-refractivity contribution in [1.82, 2.24) is 9.21 Å². The minimum absolute atomic E-state index is 0.0654. The van der Waals surface area contributed by atoms with Crippen molar-refractivity contribution >= 4 is 27.3 Å². The van der Waals surface area contributed by atoms with E-state index in [9.17, 15) is 13.2 Å². The maximum atomic E-state index is 12.7. The Morgan fingerprint density at radius 1 is 1.08 bits per heavy atom. The molecule has 1 aromatic heterocycles. The Hall–Kier alpha value is -1.90. The van der Waals surface area contributed by atoms with Crippen LogP contribution in [0.5, 0.6) is 5.75 Å². The van der Waals surface area contributed by atoms with Crippen LogP contribution in [0.2, 0.25) is 0 Å². The first-order valence-corrected chi connectivity index (χ1v) is 10.4. The van der Waals surface area contributed by atoms with Gasteiger partial charge in [0.1, 0.15) is 9.96 Å². The zero-order valence-electron chi connectivity index (χ0n) is 13.5. The average molecular weight is 378 g/mol. The van der Waals surface area contributed by atoms with E-state index in [2.05, 4.69) is 0 Å². The number of fused-ring (bicyclic) bond motifs is 1. The lowest BCUT2D eigenvalue weighted by molar-refractivity contribution is -0.139. The van der Waals surface area contributed by atoms with E-state index in [0.29, 0.717) is 36.8 Å². The average Bonchev–Trinajstić information content (AvgIpc) is 3.31. The van der Waals surface area contributed by atoms with E-state index in [1.807, 2.05) is 24.3 Å². The van der Waals surface area contributed by atoms with Crippen LogP contribution in [0.3, 0.4) is 0 Å². The van der Waals surface area contributed by atoms with Crippen molar-refractivity contribution in [2.24, 2.45) is 0 Å². The van der Waals surface area contributed by atoms with E-state index in [0.717, 1.165) is 11.3 Å². The van der Waals surface area contributed by atoms with E-state index in [-0.39, 0.29) is 5.91 Å². The summed E-state index contributed by atoms with van der Waals surface area (Å²) in [6.45, 7) is 1.40. The summed E-state index contributed by atoms with van der Waals surface area (Å²) in [6, 6.07) is 11.0. The molecule has 0 aliphatic carbocycles. The number of benzene rings is 1. The second-order valence-corrected chi connectivity index (χ2v) is 9.19. The van der Waals surface area contributed by atoms with Gasteiger partial charge in [0.25, 0.3) is 15.9 Å². The van der Waals surface area contributed by atoms with Crippen LogP contribution in [0.15, 0.2) is 46.0 Å². The molecule has 0 radical (unpaired) electrons. The third kappa shape index (κ3) is 3.05. The second kappa shape index (κ2) is 6.44. The molecule has 0 N–H and O–H groups in total. The largest absolute Gasteiger partial charge is 0.480 e. The zero-order chi connectivity index (χ0) is 17.4. The highest BCUT2D eigenvalue weighted by Crippen LogP contribution is 2.29. The molecule has 2 aliphatic rings. The fourth-order valence-corrected chi connectivity index (χ4v) is 5.78. The Kier molecular flexibility index (Phi) is 4.26. The van der Waals surface area contributed by atoms with Crippen molar-refractivity contribution in [3.05, 3.63) is 47.3 Å². The van der Waals surface area contributed by atoms with Crippen LogP contribution < -0.4 is 4.74 Å². The summed E-state index contributed by atoms with van der Waals surface area (Å²) in [5.74, 6) is 0.698. The molecule has 25 heavy (non-hydrogen) atoms. The van der Waals surface area contributed by atoms with E-state index in [4.69, 9.17) is 4.74 Å². The van der Waals surface area contributed by atoms with Crippen LogP contribution in [-0.4, -0.2) is 55.8 Å². The number of rotatable bonds is 3. The number of carbonyl (C=O) groups is 1. The smallest absolute Gasteiger partial charge is 0.264 e. The highest BCUT2D eigenvalue weighted by atomic mass is 32.2. The van der Waals surface area contributed by atoms with Gasteiger partial charge in [-0.1, -0.05) is 24.3 Å². The number of nitrogens with zero attached hydrogens (tertiary/aromatic N) is 2. The predicted octanol–water partition coefficient (Wildman–Crippen LogP) is 1.58. The van der Waals surface area contributed by atoms with Gasteiger partial charge in [-0.2, -0.15) is 4.31 Å². The molecule has 4 rings (SSSR count). The van der Waals surface area contributed by atoms with Gasteiger partial charge in [0.15, 0.2) is 6.10 Å². The Bertz CT molecular complexity index is 847.